The first-order valence-corrected chi connectivity index (χ1v) is 12.4. The van der Waals surface area contributed by atoms with Crippen LogP contribution in [-0.4, -0.2) is 40.1 Å². The molecule has 9 heteroatoms. The van der Waals surface area contributed by atoms with E-state index >= 15 is 0 Å². The quantitative estimate of drug-likeness (QED) is 0.169. The van der Waals surface area contributed by atoms with Crippen LogP contribution in [0.15, 0.2) is 59.0 Å². The molecule has 2 aromatic rings. The van der Waals surface area contributed by atoms with Crippen LogP contribution in [0.3, 0.4) is 0 Å². The maximum absolute atomic E-state index is 13.1. The van der Waals surface area contributed by atoms with Gasteiger partial charge in [-0.05, 0) is 87.3 Å². The number of aliphatic imine (C=N–C) groups is 1. The molecule has 0 aromatic heterocycles. The predicted octanol–water partition coefficient (Wildman–Crippen LogP) is 6.00. The van der Waals surface area contributed by atoms with E-state index in [4.69, 9.17) is 9.47 Å². The van der Waals surface area contributed by atoms with E-state index in [1.807, 2.05) is 45.9 Å². The van der Waals surface area contributed by atoms with Crippen molar-refractivity contribution < 1.29 is 19.2 Å². The third kappa shape index (κ3) is 6.34. The molecule has 0 spiro atoms. The lowest BCUT2D eigenvalue weighted by Crippen LogP contribution is -2.35. The van der Waals surface area contributed by atoms with Crippen molar-refractivity contribution in [1.82, 2.24) is 4.90 Å². The molecule has 0 atom stereocenters. The lowest BCUT2D eigenvalue weighted by atomic mass is 10.0. The van der Waals surface area contributed by atoms with Gasteiger partial charge in [-0.25, -0.2) is 0 Å². The number of hydrogen-bond acceptors (Lipinski definition) is 7. The van der Waals surface area contributed by atoms with Gasteiger partial charge in [0.05, 0.1) is 16.9 Å². The van der Waals surface area contributed by atoms with Crippen LogP contribution in [0.4, 0.5) is 5.69 Å². The van der Waals surface area contributed by atoms with Gasteiger partial charge in [0.1, 0.15) is 6.61 Å². The fourth-order valence-corrected chi connectivity index (χ4v) is 4.90. The van der Waals surface area contributed by atoms with E-state index in [1.165, 1.54) is 23.9 Å². The summed E-state index contributed by atoms with van der Waals surface area (Å²) >= 11 is 1.37. The Kier molecular flexibility index (Phi) is 8.93. The number of non-ortho nitro benzene ring substituents is 1. The topological polar surface area (TPSA) is 94.3 Å². The van der Waals surface area contributed by atoms with Crippen LogP contribution in [0, 0.1) is 10.1 Å². The molecule has 36 heavy (non-hydrogen) atoms. The van der Waals surface area contributed by atoms with Gasteiger partial charge in [-0.2, -0.15) is 0 Å². The van der Waals surface area contributed by atoms with E-state index in [2.05, 4.69) is 11.6 Å². The van der Waals surface area contributed by atoms with E-state index in [0.717, 1.165) is 16.7 Å². The van der Waals surface area contributed by atoms with Crippen LogP contribution in [0.2, 0.25) is 0 Å². The number of amidine groups is 1. The number of amides is 1. The molecule has 0 unspecified atom stereocenters. The van der Waals surface area contributed by atoms with Crippen LogP contribution in [0.5, 0.6) is 11.5 Å². The lowest BCUT2D eigenvalue weighted by molar-refractivity contribution is -0.384. The third-order valence-corrected chi connectivity index (χ3v) is 6.29. The maximum atomic E-state index is 13.1. The SMILES string of the molecule is C=CCc1cc(/C=C2/SC(=NC(C)C)N(C(C)C)C2=O)cc(OC)c1OCc1ccc([N+](=O)[O-])cc1. The fourth-order valence-electron chi connectivity index (χ4n) is 3.66. The van der Waals surface area contributed by atoms with Crippen LogP contribution in [-0.2, 0) is 17.8 Å². The Bertz CT molecular complexity index is 1200. The minimum Gasteiger partial charge on any atom is -0.493 e. The first-order valence-electron chi connectivity index (χ1n) is 11.6. The molecule has 8 nitrogen and oxygen atoms in total. The molecule has 1 aliphatic heterocycles. The van der Waals surface area contributed by atoms with Crippen molar-refractivity contribution in [1.29, 1.82) is 0 Å². The second-order valence-electron chi connectivity index (χ2n) is 8.80. The van der Waals surface area contributed by atoms with Crippen molar-refractivity contribution in [2.24, 2.45) is 4.99 Å². The van der Waals surface area contributed by atoms with Gasteiger partial charge in [0.25, 0.3) is 11.6 Å². The molecule has 0 N–H and O–H groups in total. The number of nitrogens with zero attached hydrogens (tertiary/aromatic N) is 3. The fraction of sp³-hybridized carbons (Fsp3) is 0.333. The molecule has 0 bridgehead atoms. The van der Waals surface area contributed by atoms with Gasteiger partial charge in [0.2, 0.25) is 0 Å². The zero-order valence-electron chi connectivity index (χ0n) is 21.2. The molecule has 1 saturated heterocycles. The summed E-state index contributed by atoms with van der Waals surface area (Å²) in [4.78, 5) is 30.5. The van der Waals surface area contributed by atoms with Crippen molar-refractivity contribution >= 4 is 34.6 Å². The summed E-state index contributed by atoms with van der Waals surface area (Å²) in [6, 6.07) is 10.1. The van der Waals surface area contributed by atoms with Gasteiger partial charge < -0.3 is 9.47 Å². The Morgan fingerprint density at radius 3 is 2.44 bits per heavy atom. The molecule has 1 fully saturated rings. The third-order valence-electron chi connectivity index (χ3n) is 5.29. The number of carbonyl (C=O) groups is 1. The smallest absolute Gasteiger partial charge is 0.269 e. The van der Waals surface area contributed by atoms with E-state index in [1.54, 1.807) is 30.2 Å². The molecule has 0 aliphatic carbocycles. The van der Waals surface area contributed by atoms with Crippen molar-refractivity contribution in [2.75, 3.05) is 7.11 Å². The summed E-state index contributed by atoms with van der Waals surface area (Å²) in [6.45, 7) is 12.0. The predicted molar refractivity (Wildman–Crippen MR) is 144 cm³/mol. The Balaban J connectivity index is 1.93. The van der Waals surface area contributed by atoms with Gasteiger partial charge in [-0.15, -0.1) is 6.58 Å². The summed E-state index contributed by atoms with van der Waals surface area (Å²) in [7, 11) is 1.56. The van der Waals surface area contributed by atoms with Gasteiger partial charge in [-0.3, -0.25) is 24.8 Å². The van der Waals surface area contributed by atoms with Crippen LogP contribution < -0.4 is 9.47 Å². The average Bonchev–Trinajstić information content (AvgIpc) is 3.12. The molecule has 3 rings (SSSR count). The second kappa shape index (κ2) is 11.9. The highest BCUT2D eigenvalue weighted by Crippen LogP contribution is 2.38. The number of thioether (sulfide) groups is 1. The van der Waals surface area contributed by atoms with Gasteiger partial charge >= 0.3 is 0 Å². The monoisotopic (exact) mass is 509 g/mol. The highest BCUT2D eigenvalue weighted by Gasteiger charge is 2.35. The highest BCUT2D eigenvalue weighted by molar-refractivity contribution is 8.18. The van der Waals surface area contributed by atoms with Gasteiger partial charge in [0.15, 0.2) is 16.7 Å². The van der Waals surface area contributed by atoms with Crippen molar-refractivity contribution in [2.45, 2.75) is 52.8 Å². The standard InChI is InChI=1S/C27H31N3O5S/c1-7-8-21-13-20(15-24-26(31)29(18(4)5)27(36-24)28-17(2)3)14-23(34-6)25(21)35-16-19-9-11-22(12-10-19)30(32)33/h7,9-15,17-18H,1,8,16H2,2-6H3/b24-15+,28-27?. The molecule has 0 radical (unpaired) electrons. The van der Waals surface area contributed by atoms with E-state index < -0.39 is 4.92 Å². The minimum absolute atomic E-state index is 0.00513. The van der Waals surface area contributed by atoms with Crippen LogP contribution >= 0.6 is 11.8 Å². The van der Waals surface area contributed by atoms with E-state index in [-0.39, 0.29) is 30.3 Å². The minimum atomic E-state index is -0.436. The van der Waals surface area contributed by atoms with Gasteiger partial charge in [-0.1, -0.05) is 6.08 Å². The molecule has 2 aromatic carbocycles. The largest absolute Gasteiger partial charge is 0.493 e. The highest BCUT2D eigenvalue weighted by atomic mass is 32.2. The summed E-state index contributed by atoms with van der Waals surface area (Å²) in [6.07, 6.45) is 4.15. The molecule has 0 saturated carbocycles. The summed E-state index contributed by atoms with van der Waals surface area (Å²) < 4.78 is 11.7. The summed E-state index contributed by atoms with van der Waals surface area (Å²) in [5.74, 6) is 1.02. The number of ether oxygens (including phenoxy) is 2. The number of allylic oxidation sites excluding steroid dienone is 1. The normalized spacial score (nSPS) is 15.9. The number of methoxy groups -OCH3 is 1. The zero-order valence-corrected chi connectivity index (χ0v) is 22.0. The van der Waals surface area contributed by atoms with Crippen LogP contribution in [0.25, 0.3) is 6.08 Å². The summed E-state index contributed by atoms with van der Waals surface area (Å²) in [5, 5.41) is 11.6. The first-order chi connectivity index (χ1) is 17.1. The first kappa shape index (κ1) is 27.0. The summed E-state index contributed by atoms with van der Waals surface area (Å²) in [5.41, 5.74) is 2.47. The van der Waals surface area contributed by atoms with Crippen molar-refractivity contribution in [3.8, 4) is 11.5 Å². The maximum Gasteiger partial charge on any atom is 0.269 e. The average molecular weight is 510 g/mol. The van der Waals surface area contributed by atoms with E-state index in [0.29, 0.717) is 28.0 Å². The number of carbonyl (C=O) groups excluding carboxylic acids is 1. The Hall–Kier alpha value is -3.59. The molecule has 1 amide bonds. The van der Waals surface area contributed by atoms with Crippen molar-refractivity contribution in [3.63, 3.8) is 0 Å². The number of nitro groups is 1. The van der Waals surface area contributed by atoms with Crippen molar-refractivity contribution in [3.05, 3.63) is 80.8 Å². The Morgan fingerprint density at radius 1 is 1.19 bits per heavy atom. The molecular formula is C27H31N3O5S. The number of nitro benzene ring substituents is 1. The molecule has 190 valence electrons. The number of rotatable bonds is 10. The lowest BCUT2D eigenvalue weighted by Gasteiger charge is -2.20. The molecular weight excluding hydrogens is 478 g/mol. The Morgan fingerprint density at radius 2 is 1.89 bits per heavy atom. The zero-order chi connectivity index (χ0) is 26.4. The second-order valence-corrected chi connectivity index (χ2v) is 9.81. The van der Waals surface area contributed by atoms with Gasteiger partial charge in [0, 0.05) is 29.8 Å². The molecule has 1 aliphatic rings. The number of benzene rings is 2. The number of hydrogen-bond donors (Lipinski definition) is 0. The van der Waals surface area contributed by atoms with Crippen LogP contribution in [0.1, 0.15) is 44.4 Å². The Labute approximate surface area is 215 Å². The molecule has 1 heterocycles. The van der Waals surface area contributed by atoms with E-state index in [9.17, 15) is 14.9 Å².